The number of nitrogens with one attached hydrogen (secondary N) is 1. The first-order valence-corrected chi connectivity index (χ1v) is 6.69. The zero-order valence-electron chi connectivity index (χ0n) is 10.1. The first kappa shape index (κ1) is 16.8. The van der Waals surface area contributed by atoms with Gasteiger partial charge in [-0.1, -0.05) is 12.2 Å². The van der Waals surface area contributed by atoms with Gasteiger partial charge in [0.25, 0.3) is 5.69 Å². The summed E-state index contributed by atoms with van der Waals surface area (Å²) in [5.74, 6) is -0.521. The van der Waals surface area contributed by atoms with Gasteiger partial charge in [-0.05, 0) is 6.07 Å². The normalized spacial score (nSPS) is 14.7. The van der Waals surface area contributed by atoms with Crippen LogP contribution in [0.15, 0.2) is 12.1 Å². The van der Waals surface area contributed by atoms with E-state index >= 15 is 0 Å². The van der Waals surface area contributed by atoms with Crippen LogP contribution in [-0.2, 0) is 4.79 Å². The number of urea groups is 1. The summed E-state index contributed by atoms with van der Waals surface area (Å²) in [6.07, 6.45) is -0.114. The molecule has 0 bridgehead atoms. The molecule has 0 radical (unpaired) electrons. The number of thiocarbonyl (C=S) groups is 1. The van der Waals surface area contributed by atoms with Crippen molar-refractivity contribution < 1.29 is 14.5 Å². The summed E-state index contributed by atoms with van der Waals surface area (Å²) >= 11 is 5.57. The predicted molar refractivity (Wildman–Crippen MR) is 84.5 cm³/mol. The van der Waals surface area contributed by atoms with E-state index in [1.807, 2.05) is 0 Å². The summed E-state index contributed by atoms with van der Waals surface area (Å²) in [5, 5.41) is 13.3. The maximum absolute atomic E-state index is 12.0. The number of hydrogen-bond donors (Lipinski definition) is 1. The quantitative estimate of drug-likeness (QED) is 0.368. The molecule has 2 aromatic rings. The molecule has 1 fully saturated rings. The molecule has 1 N–H and O–H groups in total. The molecule has 0 aliphatic carbocycles. The molecular formula is C10H6N5NaO4S2. The van der Waals surface area contributed by atoms with Crippen LogP contribution in [0, 0.1) is 10.1 Å². The monoisotopic (exact) mass is 347 g/mol. The number of rotatable bonds is 2. The van der Waals surface area contributed by atoms with Gasteiger partial charge in [-0.15, -0.1) is 0 Å². The van der Waals surface area contributed by atoms with Crippen molar-refractivity contribution in [2.75, 3.05) is 4.90 Å². The third kappa shape index (κ3) is 2.73. The molecule has 1 aromatic heterocycles. The first-order chi connectivity index (χ1) is 9.99. The standard InChI is InChI=1S/C10H5N5O4S2.Na.H/c16-7-3-6(20)11-10(17)14(7)4-1-2-5(15(18)19)9-8(4)12-21-13-9;;/h1-2H,3H2,(H,11,17,20);;. The van der Waals surface area contributed by atoms with E-state index in [2.05, 4.69) is 14.1 Å². The van der Waals surface area contributed by atoms with Crippen molar-refractivity contribution in [3.05, 3.63) is 22.2 Å². The number of non-ortho nitro benzene ring substituents is 1. The van der Waals surface area contributed by atoms with E-state index < -0.39 is 16.9 Å². The Morgan fingerprint density at radius 1 is 1.32 bits per heavy atom. The van der Waals surface area contributed by atoms with E-state index in [9.17, 15) is 19.7 Å². The molecule has 0 saturated carbocycles. The van der Waals surface area contributed by atoms with E-state index in [1.165, 1.54) is 12.1 Å². The maximum atomic E-state index is 12.0. The Kier molecular flexibility index (Phi) is 4.82. The minimum atomic E-state index is -0.709. The number of carbonyl (C=O) groups excluding carboxylic acids is 2. The molecule has 3 rings (SSSR count). The van der Waals surface area contributed by atoms with Crippen molar-refractivity contribution in [1.29, 1.82) is 0 Å². The second-order valence-corrected chi connectivity index (χ2v) is 5.10. The molecule has 0 unspecified atom stereocenters. The van der Waals surface area contributed by atoms with Gasteiger partial charge < -0.3 is 5.32 Å². The van der Waals surface area contributed by atoms with Crippen molar-refractivity contribution in [2.45, 2.75) is 6.42 Å². The van der Waals surface area contributed by atoms with Gasteiger partial charge in [0, 0.05) is 6.07 Å². The van der Waals surface area contributed by atoms with Crippen LogP contribution in [-0.4, -0.2) is 60.2 Å². The zero-order chi connectivity index (χ0) is 15.1. The molecule has 3 amide bonds. The first-order valence-electron chi connectivity index (χ1n) is 5.55. The van der Waals surface area contributed by atoms with E-state index in [1.54, 1.807) is 0 Å². The molecule has 0 spiro atoms. The van der Waals surface area contributed by atoms with Crippen LogP contribution in [0.5, 0.6) is 0 Å². The molecule has 1 saturated heterocycles. The fourth-order valence-electron chi connectivity index (χ4n) is 1.96. The Morgan fingerprint density at radius 2 is 2.00 bits per heavy atom. The van der Waals surface area contributed by atoms with Crippen molar-refractivity contribution in [2.24, 2.45) is 0 Å². The third-order valence-corrected chi connectivity index (χ3v) is 3.60. The molecule has 0 atom stereocenters. The number of amides is 3. The molecule has 2 heterocycles. The number of aromatic nitrogens is 2. The molecular weight excluding hydrogens is 341 g/mol. The van der Waals surface area contributed by atoms with Crippen molar-refractivity contribution in [1.82, 2.24) is 14.1 Å². The van der Waals surface area contributed by atoms with Crippen LogP contribution < -0.4 is 10.2 Å². The average molecular weight is 347 g/mol. The van der Waals surface area contributed by atoms with Gasteiger partial charge in [0.15, 0.2) is 5.52 Å². The minimum absolute atomic E-state index is 0. The van der Waals surface area contributed by atoms with Crippen LogP contribution in [0.25, 0.3) is 11.0 Å². The third-order valence-electron chi connectivity index (χ3n) is 2.82. The van der Waals surface area contributed by atoms with Crippen LogP contribution in [0.1, 0.15) is 6.42 Å². The summed E-state index contributed by atoms with van der Waals surface area (Å²) in [7, 11) is 0. The number of carbonyl (C=O) groups is 2. The molecule has 108 valence electrons. The van der Waals surface area contributed by atoms with Crippen molar-refractivity contribution in [3.8, 4) is 0 Å². The number of nitro groups is 1. The van der Waals surface area contributed by atoms with E-state index in [0.29, 0.717) is 0 Å². The van der Waals surface area contributed by atoms with Crippen LogP contribution in [0.4, 0.5) is 16.2 Å². The van der Waals surface area contributed by atoms with Gasteiger partial charge in [-0.2, -0.15) is 8.75 Å². The van der Waals surface area contributed by atoms with Gasteiger partial charge in [-0.25, -0.2) is 9.69 Å². The van der Waals surface area contributed by atoms with Gasteiger partial charge in [-0.3, -0.25) is 14.9 Å². The Morgan fingerprint density at radius 3 is 2.64 bits per heavy atom. The predicted octanol–water partition coefficient (Wildman–Crippen LogP) is 0.725. The van der Waals surface area contributed by atoms with Crippen LogP contribution >= 0.6 is 23.9 Å². The number of hydrogen-bond acceptors (Lipinski definition) is 8. The summed E-state index contributed by atoms with van der Waals surface area (Å²) < 4.78 is 7.80. The van der Waals surface area contributed by atoms with Crippen LogP contribution in [0.2, 0.25) is 0 Å². The van der Waals surface area contributed by atoms with Crippen molar-refractivity contribution >= 4 is 92.8 Å². The zero-order valence-corrected chi connectivity index (χ0v) is 11.7. The summed E-state index contributed by atoms with van der Waals surface area (Å²) in [5.41, 5.74) is 0.0824. The topological polar surface area (TPSA) is 118 Å². The fourth-order valence-corrected chi connectivity index (χ4v) is 2.74. The number of anilines is 1. The van der Waals surface area contributed by atoms with E-state index in [0.717, 1.165) is 16.6 Å². The van der Waals surface area contributed by atoms with Crippen LogP contribution in [0.3, 0.4) is 0 Å². The molecule has 22 heavy (non-hydrogen) atoms. The number of nitrogens with zero attached hydrogens (tertiary/aromatic N) is 4. The number of fused-ring (bicyclic) bond motifs is 1. The second-order valence-electron chi connectivity index (χ2n) is 4.08. The second kappa shape index (κ2) is 6.30. The molecule has 1 aromatic carbocycles. The van der Waals surface area contributed by atoms with Crippen molar-refractivity contribution in [3.63, 3.8) is 0 Å². The van der Waals surface area contributed by atoms with Gasteiger partial charge >= 0.3 is 35.6 Å². The number of nitro benzene ring substituents is 1. The molecule has 12 heteroatoms. The molecule has 1 aliphatic rings. The molecule has 9 nitrogen and oxygen atoms in total. The Bertz CT molecular complexity index is 803. The fraction of sp³-hybridized carbons (Fsp3) is 0.100. The molecule has 1 aliphatic heterocycles. The average Bonchev–Trinajstić information content (AvgIpc) is 2.86. The number of benzene rings is 1. The van der Waals surface area contributed by atoms with E-state index in [4.69, 9.17) is 12.2 Å². The summed E-state index contributed by atoms with van der Waals surface area (Å²) in [6.45, 7) is 0. The Labute approximate surface area is 154 Å². The number of imide groups is 1. The Hall–Kier alpha value is -1.53. The van der Waals surface area contributed by atoms with Gasteiger partial charge in [0.2, 0.25) is 5.91 Å². The summed E-state index contributed by atoms with van der Waals surface area (Å²) in [4.78, 5) is 35.3. The van der Waals surface area contributed by atoms with Gasteiger partial charge in [0.1, 0.15) is 5.52 Å². The summed E-state index contributed by atoms with van der Waals surface area (Å²) in [6, 6.07) is 1.78. The van der Waals surface area contributed by atoms with Gasteiger partial charge in [0.05, 0.1) is 33.7 Å². The Balaban J connectivity index is 0.00000176. The SMILES string of the molecule is O=C1CC(=S)NC(=O)N1c1ccc([N+](=O)[O-])c2nsnc12.[NaH]. The van der Waals surface area contributed by atoms with E-state index in [-0.39, 0.29) is 63.4 Å².